The molecule has 3 aromatic rings. The molecule has 3 rings (SSSR count). The molecule has 0 aliphatic heterocycles. The minimum absolute atomic E-state index is 0.132. The fraction of sp³-hybridized carbons (Fsp3) is 0.370. The summed E-state index contributed by atoms with van der Waals surface area (Å²) in [5, 5.41) is 8.81. The van der Waals surface area contributed by atoms with E-state index < -0.39 is 5.82 Å². The van der Waals surface area contributed by atoms with Crippen LogP contribution in [0.3, 0.4) is 0 Å². The first-order chi connectivity index (χ1) is 15.7. The summed E-state index contributed by atoms with van der Waals surface area (Å²) < 4.78 is 19.5. The van der Waals surface area contributed by atoms with Crippen molar-refractivity contribution in [3.05, 3.63) is 77.4 Å². The van der Waals surface area contributed by atoms with E-state index in [4.69, 9.17) is 10.00 Å². The molecule has 0 bridgehead atoms. The van der Waals surface area contributed by atoms with E-state index in [0.717, 1.165) is 17.5 Å². The van der Waals surface area contributed by atoms with E-state index in [1.165, 1.54) is 68.7 Å². The van der Waals surface area contributed by atoms with E-state index in [2.05, 4.69) is 16.9 Å². The van der Waals surface area contributed by atoms with E-state index in [-0.39, 0.29) is 17.9 Å². The Morgan fingerprint density at radius 1 is 0.875 bits per heavy atom. The number of halogens is 1. The maximum atomic E-state index is 13.9. The van der Waals surface area contributed by atoms with Crippen molar-refractivity contribution in [3.8, 4) is 23.2 Å². The highest BCUT2D eigenvalue weighted by atomic mass is 19.1. The lowest BCUT2D eigenvalue weighted by atomic mass is 10.1. The Hall–Kier alpha value is -3.26. The Bertz CT molecular complexity index is 1010. The fourth-order valence-electron chi connectivity index (χ4n) is 3.52. The van der Waals surface area contributed by atoms with Gasteiger partial charge in [0, 0.05) is 18.0 Å². The van der Waals surface area contributed by atoms with Gasteiger partial charge in [-0.3, -0.25) is 0 Å². The van der Waals surface area contributed by atoms with Crippen molar-refractivity contribution in [2.24, 2.45) is 0 Å². The number of hydrogen-bond acceptors (Lipinski definition) is 4. The Labute approximate surface area is 190 Å². The highest BCUT2D eigenvalue weighted by molar-refractivity contribution is 5.55. The predicted molar refractivity (Wildman–Crippen MR) is 125 cm³/mol. The van der Waals surface area contributed by atoms with Crippen LogP contribution in [0.25, 0.3) is 11.4 Å². The summed E-state index contributed by atoms with van der Waals surface area (Å²) in [4.78, 5) is 9.04. The van der Waals surface area contributed by atoms with Gasteiger partial charge in [0.05, 0.1) is 11.6 Å². The molecule has 0 N–H and O–H groups in total. The molecule has 0 fully saturated rings. The van der Waals surface area contributed by atoms with Crippen molar-refractivity contribution in [1.29, 1.82) is 5.26 Å². The zero-order chi connectivity index (χ0) is 22.6. The van der Waals surface area contributed by atoms with E-state index in [0.29, 0.717) is 5.82 Å². The van der Waals surface area contributed by atoms with Crippen LogP contribution in [-0.4, -0.2) is 9.97 Å². The summed E-state index contributed by atoms with van der Waals surface area (Å²) in [7, 11) is 0. The smallest absolute Gasteiger partial charge is 0.166 e. The minimum Gasteiger partial charge on any atom is -0.486 e. The van der Waals surface area contributed by atoms with Gasteiger partial charge in [0.25, 0.3) is 0 Å². The van der Waals surface area contributed by atoms with Crippen LogP contribution in [0.15, 0.2) is 54.9 Å². The van der Waals surface area contributed by atoms with Gasteiger partial charge in [-0.2, -0.15) is 5.26 Å². The quantitative estimate of drug-likeness (QED) is 0.289. The van der Waals surface area contributed by atoms with E-state index in [9.17, 15) is 4.39 Å². The van der Waals surface area contributed by atoms with Gasteiger partial charge in [-0.05, 0) is 42.2 Å². The summed E-state index contributed by atoms with van der Waals surface area (Å²) in [6.45, 7) is 2.48. The predicted octanol–water partition coefficient (Wildman–Crippen LogP) is 7.03. The fourth-order valence-corrected chi connectivity index (χ4v) is 3.52. The molecule has 0 amide bonds. The monoisotopic (exact) mass is 431 g/mol. The Morgan fingerprint density at radius 3 is 2.22 bits per heavy atom. The third-order valence-corrected chi connectivity index (χ3v) is 5.44. The van der Waals surface area contributed by atoms with Crippen molar-refractivity contribution >= 4 is 0 Å². The maximum Gasteiger partial charge on any atom is 0.166 e. The highest BCUT2D eigenvalue weighted by Crippen LogP contribution is 2.21. The molecule has 166 valence electrons. The SMILES string of the molecule is CCCCCCCCCc1cnc(-c2ccc(COc3ccc(C#N)cc3F)cc2)nc1. The van der Waals surface area contributed by atoms with Crippen molar-refractivity contribution < 1.29 is 9.13 Å². The van der Waals surface area contributed by atoms with Crippen LogP contribution in [0.1, 0.15) is 68.6 Å². The largest absolute Gasteiger partial charge is 0.486 e. The number of nitriles is 1. The number of aromatic nitrogens is 2. The first kappa shape index (κ1) is 23.4. The summed E-state index contributed by atoms with van der Waals surface area (Å²) in [6.07, 6.45) is 14.0. The highest BCUT2D eigenvalue weighted by Gasteiger charge is 2.06. The van der Waals surface area contributed by atoms with Gasteiger partial charge >= 0.3 is 0 Å². The van der Waals surface area contributed by atoms with E-state index >= 15 is 0 Å². The molecule has 0 saturated carbocycles. The van der Waals surface area contributed by atoms with Gasteiger partial charge in [-0.15, -0.1) is 0 Å². The second kappa shape index (κ2) is 12.6. The summed E-state index contributed by atoms with van der Waals surface area (Å²) in [5.74, 6) is 0.289. The van der Waals surface area contributed by atoms with Crippen LogP contribution in [0.4, 0.5) is 4.39 Å². The molecule has 4 nitrogen and oxygen atoms in total. The molecule has 5 heteroatoms. The zero-order valence-electron chi connectivity index (χ0n) is 18.7. The third kappa shape index (κ3) is 7.16. The topological polar surface area (TPSA) is 58.8 Å². The van der Waals surface area contributed by atoms with Crippen LogP contribution in [0.2, 0.25) is 0 Å². The Balaban J connectivity index is 1.46. The normalized spacial score (nSPS) is 10.7. The van der Waals surface area contributed by atoms with Gasteiger partial charge in [0.1, 0.15) is 6.61 Å². The van der Waals surface area contributed by atoms with E-state index in [1.54, 1.807) is 0 Å². The van der Waals surface area contributed by atoms with Gasteiger partial charge in [0.15, 0.2) is 17.4 Å². The maximum absolute atomic E-state index is 13.9. The first-order valence-corrected chi connectivity index (χ1v) is 11.4. The second-order valence-electron chi connectivity index (χ2n) is 8.03. The molecule has 1 heterocycles. The first-order valence-electron chi connectivity index (χ1n) is 11.4. The number of benzene rings is 2. The van der Waals surface area contributed by atoms with Crippen molar-refractivity contribution in [3.63, 3.8) is 0 Å². The lowest BCUT2D eigenvalue weighted by Crippen LogP contribution is -1.98. The van der Waals surface area contributed by atoms with Crippen molar-refractivity contribution in [2.75, 3.05) is 0 Å². The molecule has 0 unspecified atom stereocenters. The number of ether oxygens (including phenoxy) is 1. The lowest BCUT2D eigenvalue weighted by Gasteiger charge is -2.08. The molecule has 0 saturated heterocycles. The average Bonchev–Trinajstić information content (AvgIpc) is 2.83. The summed E-state index contributed by atoms with van der Waals surface area (Å²) in [5.41, 5.74) is 3.29. The Kier molecular flexibility index (Phi) is 9.19. The summed E-state index contributed by atoms with van der Waals surface area (Å²) >= 11 is 0. The van der Waals surface area contributed by atoms with Gasteiger partial charge in [-0.25, -0.2) is 14.4 Å². The standard InChI is InChI=1S/C27H30FN3O/c1-2-3-4-5-6-7-8-9-23-18-30-27(31-19-23)24-13-10-21(11-14-24)20-32-26-15-12-22(17-29)16-25(26)28/h10-16,18-19H,2-9,20H2,1H3. The number of rotatable bonds is 12. The third-order valence-electron chi connectivity index (χ3n) is 5.44. The minimum atomic E-state index is -0.536. The number of unbranched alkanes of at least 4 members (excludes halogenated alkanes) is 6. The van der Waals surface area contributed by atoms with Crippen LogP contribution < -0.4 is 4.74 Å². The van der Waals surface area contributed by atoms with Gasteiger partial charge < -0.3 is 4.74 Å². The number of hydrogen-bond donors (Lipinski definition) is 0. The van der Waals surface area contributed by atoms with Crippen LogP contribution >= 0.6 is 0 Å². The molecule has 0 spiro atoms. The zero-order valence-corrected chi connectivity index (χ0v) is 18.7. The molecular formula is C27H30FN3O. The van der Waals surface area contributed by atoms with Crippen LogP contribution in [0, 0.1) is 17.1 Å². The van der Waals surface area contributed by atoms with Crippen LogP contribution in [-0.2, 0) is 13.0 Å². The molecule has 32 heavy (non-hydrogen) atoms. The molecule has 0 aliphatic carbocycles. The van der Waals surface area contributed by atoms with Crippen molar-refractivity contribution in [2.45, 2.75) is 64.9 Å². The number of aryl methyl sites for hydroxylation is 1. The van der Waals surface area contributed by atoms with Gasteiger partial charge in [-0.1, -0.05) is 69.7 Å². The molecule has 0 atom stereocenters. The second-order valence-corrected chi connectivity index (χ2v) is 8.03. The molecule has 2 aromatic carbocycles. The molecular weight excluding hydrogens is 401 g/mol. The van der Waals surface area contributed by atoms with Gasteiger partial charge in [0.2, 0.25) is 0 Å². The number of nitrogens with zero attached hydrogens (tertiary/aromatic N) is 3. The average molecular weight is 432 g/mol. The van der Waals surface area contributed by atoms with E-state index in [1.807, 2.05) is 42.7 Å². The lowest BCUT2D eigenvalue weighted by molar-refractivity contribution is 0.290. The van der Waals surface area contributed by atoms with Crippen LogP contribution in [0.5, 0.6) is 5.75 Å². The van der Waals surface area contributed by atoms with Crippen molar-refractivity contribution in [1.82, 2.24) is 9.97 Å². The molecule has 0 radical (unpaired) electrons. The summed E-state index contributed by atoms with van der Waals surface area (Å²) in [6, 6.07) is 13.8. The molecule has 1 aromatic heterocycles. The Morgan fingerprint density at radius 2 is 1.56 bits per heavy atom. The molecule has 0 aliphatic rings.